The van der Waals surface area contributed by atoms with Gasteiger partial charge in [-0.05, 0) is 58.6 Å². The number of carbonyl (C=O) groups excluding carboxylic acids is 2. The lowest BCUT2D eigenvalue weighted by Crippen LogP contribution is -2.47. The van der Waals surface area contributed by atoms with E-state index in [0.717, 1.165) is 27.8 Å². The van der Waals surface area contributed by atoms with Crippen LogP contribution in [0.1, 0.15) is 65.2 Å². The summed E-state index contributed by atoms with van der Waals surface area (Å²) in [5.41, 5.74) is 5.79. The Morgan fingerprint density at radius 3 is 2.21 bits per heavy atom. The number of rotatable bonds is 13. The molecule has 1 aliphatic rings. The zero-order valence-electron chi connectivity index (χ0n) is 29.9. The van der Waals surface area contributed by atoms with Gasteiger partial charge in [-0.2, -0.15) is 0 Å². The molecule has 1 fully saturated rings. The number of urea groups is 1. The van der Waals surface area contributed by atoms with Crippen molar-refractivity contribution >= 4 is 22.8 Å². The molecular formula is C43H47N3O6. The maximum absolute atomic E-state index is 12.8. The minimum atomic E-state index is -0.814. The number of ether oxygens (including phenoxy) is 3. The van der Waals surface area contributed by atoms with Gasteiger partial charge in [0.15, 0.2) is 6.29 Å². The molecular weight excluding hydrogens is 654 g/mol. The highest BCUT2D eigenvalue weighted by atomic mass is 16.7. The number of hydrogen-bond donors (Lipinski definition) is 3. The van der Waals surface area contributed by atoms with E-state index in [-0.39, 0.29) is 31.4 Å². The topological polar surface area (TPSA) is 109 Å². The molecule has 0 spiro atoms. The van der Waals surface area contributed by atoms with E-state index in [1.54, 1.807) is 0 Å². The number of likely N-dealkylation sites (N-methyl/N-ethyl adjacent to an activating group) is 1. The highest BCUT2D eigenvalue weighted by Crippen LogP contribution is 2.39. The van der Waals surface area contributed by atoms with E-state index in [4.69, 9.17) is 14.2 Å². The summed E-state index contributed by atoms with van der Waals surface area (Å²) in [6.45, 7) is 3.17. The van der Waals surface area contributed by atoms with Crippen LogP contribution in [0.5, 0.6) is 0 Å². The highest BCUT2D eigenvalue weighted by Gasteiger charge is 2.33. The number of benzene rings is 5. The van der Waals surface area contributed by atoms with E-state index in [9.17, 15) is 14.7 Å². The minimum absolute atomic E-state index is 0.0139. The first-order valence-corrected chi connectivity index (χ1v) is 17.7. The average Bonchev–Trinajstić information content (AvgIpc) is 3.19. The maximum Gasteiger partial charge on any atom is 0.328 e. The fourth-order valence-electron chi connectivity index (χ4n) is 6.60. The van der Waals surface area contributed by atoms with Crippen LogP contribution in [-0.2, 0) is 38.6 Å². The number of esters is 1. The van der Waals surface area contributed by atoms with Gasteiger partial charge in [-0.3, -0.25) is 4.90 Å². The Labute approximate surface area is 305 Å². The van der Waals surface area contributed by atoms with Gasteiger partial charge in [-0.15, -0.1) is 0 Å². The summed E-state index contributed by atoms with van der Waals surface area (Å²) in [4.78, 5) is 27.5. The number of hydrogen-bond acceptors (Lipinski definition) is 7. The van der Waals surface area contributed by atoms with Gasteiger partial charge in [-0.1, -0.05) is 115 Å². The minimum Gasteiger partial charge on any atom is -0.467 e. The highest BCUT2D eigenvalue weighted by molar-refractivity contribution is 5.84. The molecule has 5 aromatic carbocycles. The van der Waals surface area contributed by atoms with Gasteiger partial charge in [0.25, 0.3) is 0 Å². The van der Waals surface area contributed by atoms with Crippen molar-refractivity contribution in [2.45, 2.75) is 63.5 Å². The molecule has 1 aliphatic heterocycles. The Morgan fingerprint density at radius 1 is 0.827 bits per heavy atom. The van der Waals surface area contributed by atoms with Gasteiger partial charge in [0.05, 0.1) is 25.9 Å². The van der Waals surface area contributed by atoms with Crippen LogP contribution in [0.4, 0.5) is 4.79 Å². The second-order valence-electron chi connectivity index (χ2n) is 13.4. The molecule has 3 N–H and O–H groups in total. The molecule has 52 heavy (non-hydrogen) atoms. The number of aliphatic hydroxyl groups is 1. The normalized spacial score (nSPS) is 18.4. The first-order chi connectivity index (χ1) is 25.3. The summed E-state index contributed by atoms with van der Waals surface area (Å²) in [6, 6.07) is 39.1. The van der Waals surface area contributed by atoms with E-state index in [0.29, 0.717) is 19.4 Å². The van der Waals surface area contributed by atoms with Crippen LogP contribution in [0.2, 0.25) is 0 Å². The molecule has 6 rings (SSSR count). The second kappa shape index (κ2) is 17.4. The van der Waals surface area contributed by atoms with E-state index >= 15 is 0 Å². The molecule has 2 amide bonds. The molecule has 0 aliphatic carbocycles. The smallest absolute Gasteiger partial charge is 0.328 e. The Balaban J connectivity index is 1.11. The quantitative estimate of drug-likeness (QED) is 0.112. The van der Waals surface area contributed by atoms with E-state index in [1.807, 2.05) is 78.9 Å². The molecule has 1 saturated heterocycles. The summed E-state index contributed by atoms with van der Waals surface area (Å²) < 4.78 is 18.1. The van der Waals surface area contributed by atoms with Gasteiger partial charge in [-0.25, -0.2) is 9.59 Å². The molecule has 0 saturated carbocycles. The number of aliphatic hydroxyl groups excluding tert-OH is 1. The molecule has 270 valence electrons. The van der Waals surface area contributed by atoms with Crippen molar-refractivity contribution in [3.63, 3.8) is 0 Å². The molecule has 5 aromatic rings. The number of fused-ring (bicyclic) bond motifs is 1. The van der Waals surface area contributed by atoms with Crippen molar-refractivity contribution in [1.82, 2.24) is 15.5 Å². The standard InChI is InChI=1S/C43H47N3O6/c1-29(36-22-21-33-11-7-8-12-37(33)24-36)46(2)27-38-25-40(34-17-15-32(28-47)16-18-34)52-42(51-38)35-19-13-31(14-20-35)26-44-43(49)45-39(41(48)50-3)23-30-9-5-4-6-10-30/h4-22,24,29,38-40,42,47H,23,25-28H2,1-3H3,(H2,44,45,49). The van der Waals surface area contributed by atoms with E-state index in [1.165, 1.54) is 23.4 Å². The van der Waals surface area contributed by atoms with E-state index in [2.05, 4.69) is 72.0 Å². The predicted octanol–water partition coefficient (Wildman–Crippen LogP) is 7.15. The molecule has 0 aromatic heterocycles. The SMILES string of the molecule is COC(=O)C(Cc1ccccc1)NC(=O)NCc1ccc(C2OC(CN(C)C(C)c3ccc4ccccc4c3)CC(c3ccc(CO)cc3)O2)cc1. The van der Waals surface area contributed by atoms with Crippen LogP contribution < -0.4 is 10.6 Å². The summed E-state index contributed by atoms with van der Waals surface area (Å²) in [5, 5.41) is 17.6. The average molecular weight is 702 g/mol. The lowest BCUT2D eigenvalue weighted by Gasteiger charge is -2.39. The molecule has 0 bridgehead atoms. The van der Waals surface area contributed by atoms with E-state index < -0.39 is 24.3 Å². The largest absolute Gasteiger partial charge is 0.467 e. The number of amides is 2. The van der Waals surface area contributed by atoms with Gasteiger partial charge in [0.2, 0.25) is 0 Å². The van der Waals surface area contributed by atoms with Gasteiger partial charge in [0.1, 0.15) is 6.04 Å². The number of nitrogens with one attached hydrogen (secondary N) is 2. The van der Waals surface area contributed by atoms with Crippen molar-refractivity contribution in [2.75, 3.05) is 20.7 Å². The summed E-state index contributed by atoms with van der Waals surface area (Å²) in [5.74, 6) is -0.508. The first kappa shape index (κ1) is 36.7. The third-order valence-corrected chi connectivity index (χ3v) is 9.80. The third-order valence-electron chi connectivity index (χ3n) is 9.80. The Morgan fingerprint density at radius 2 is 1.50 bits per heavy atom. The molecule has 5 unspecified atom stereocenters. The van der Waals surface area contributed by atoms with Crippen LogP contribution in [-0.4, -0.2) is 54.9 Å². The molecule has 9 heteroatoms. The fourth-order valence-corrected chi connectivity index (χ4v) is 6.60. The van der Waals surface area contributed by atoms with Crippen molar-refractivity contribution < 1.29 is 28.9 Å². The Hall–Kier alpha value is -5.06. The zero-order valence-corrected chi connectivity index (χ0v) is 29.9. The maximum atomic E-state index is 12.8. The third kappa shape index (κ3) is 9.43. The number of methoxy groups -OCH3 is 1. The van der Waals surface area contributed by atoms with Crippen LogP contribution in [0.15, 0.2) is 121 Å². The van der Waals surface area contributed by atoms with Crippen molar-refractivity contribution in [3.05, 3.63) is 155 Å². The van der Waals surface area contributed by atoms with Crippen LogP contribution in [0.25, 0.3) is 10.8 Å². The van der Waals surface area contributed by atoms with Crippen LogP contribution >= 0.6 is 0 Å². The van der Waals surface area contributed by atoms with Gasteiger partial charge < -0.3 is 30.0 Å². The van der Waals surface area contributed by atoms with Crippen molar-refractivity contribution in [3.8, 4) is 0 Å². The van der Waals surface area contributed by atoms with Crippen LogP contribution in [0.3, 0.4) is 0 Å². The zero-order chi connectivity index (χ0) is 36.5. The Bertz CT molecular complexity index is 1920. The Kier molecular flexibility index (Phi) is 12.3. The van der Waals surface area contributed by atoms with Crippen LogP contribution in [0, 0.1) is 0 Å². The van der Waals surface area contributed by atoms with Crippen molar-refractivity contribution in [1.29, 1.82) is 0 Å². The first-order valence-electron chi connectivity index (χ1n) is 17.7. The number of carbonyl (C=O) groups is 2. The number of nitrogens with zero attached hydrogens (tertiary/aromatic N) is 1. The van der Waals surface area contributed by atoms with Gasteiger partial charge >= 0.3 is 12.0 Å². The lowest BCUT2D eigenvalue weighted by atomic mass is 9.98. The van der Waals surface area contributed by atoms with Crippen molar-refractivity contribution in [2.24, 2.45) is 0 Å². The second-order valence-corrected chi connectivity index (χ2v) is 13.4. The molecule has 1 heterocycles. The summed E-state index contributed by atoms with van der Waals surface area (Å²) in [7, 11) is 3.44. The van der Waals surface area contributed by atoms with Gasteiger partial charge in [0, 0.05) is 37.5 Å². The molecule has 0 radical (unpaired) electrons. The monoisotopic (exact) mass is 701 g/mol. The summed E-state index contributed by atoms with van der Waals surface area (Å²) in [6.07, 6.45) is 0.0811. The molecule has 9 nitrogen and oxygen atoms in total. The lowest BCUT2D eigenvalue weighted by molar-refractivity contribution is -0.253. The molecule has 5 atom stereocenters. The fraction of sp³-hybridized carbons (Fsp3) is 0.302. The summed E-state index contributed by atoms with van der Waals surface area (Å²) >= 11 is 0. The predicted molar refractivity (Wildman–Crippen MR) is 201 cm³/mol.